The van der Waals surface area contributed by atoms with Crippen molar-refractivity contribution in [2.45, 2.75) is 412 Å². The second-order valence-electron chi connectivity index (χ2n) is 23.8. The highest BCUT2D eigenvalue weighted by atomic mass is 16.6. The van der Waals surface area contributed by atoms with E-state index in [9.17, 15) is 14.4 Å². The van der Waals surface area contributed by atoms with Crippen LogP contribution in [0.4, 0.5) is 0 Å². The zero-order chi connectivity index (χ0) is 54.3. The summed E-state index contributed by atoms with van der Waals surface area (Å²) in [4.78, 5) is 38.0. The van der Waals surface area contributed by atoms with Crippen molar-refractivity contribution in [3.63, 3.8) is 0 Å². The zero-order valence-electron chi connectivity index (χ0n) is 51.4. The van der Waals surface area contributed by atoms with Crippen LogP contribution >= 0.6 is 0 Å². The van der Waals surface area contributed by atoms with E-state index in [2.05, 4.69) is 20.8 Å². The summed E-state index contributed by atoms with van der Waals surface area (Å²) in [6, 6.07) is 0. The molecule has 0 spiro atoms. The molecule has 0 fully saturated rings. The van der Waals surface area contributed by atoms with E-state index in [-0.39, 0.29) is 31.1 Å². The summed E-state index contributed by atoms with van der Waals surface area (Å²) in [5.74, 6) is -0.844. The summed E-state index contributed by atoms with van der Waals surface area (Å²) in [7, 11) is 0. The number of hydrogen-bond acceptors (Lipinski definition) is 6. The van der Waals surface area contributed by atoms with E-state index in [4.69, 9.17) is 14.2 Å². The number of carbonyl (C=O) groups excluding carboxylic acids is 3. The number of hydrogen-bond donors (Lipinski definition) is 0. The van der Waals surface area contributed by atoms with Crippen LogP contribution in [-0.2, 0) is 28.6 Å². The van der Waals surface area contributed by atoms with Crippen LogP contribution in [0.5, 0.6) is 0 Å². The number of carbonyl (C=O) groups is 3. The molecule has 6 nitrogen and oxygen atoms in total. The molecule has 0 aromatic heterocycles. The van der Waals surface area contributed by atoms with E-state index in [1.165, 1.54) is 302 Å². The van der Waals surface area contributed by atoms with Crippen molar-refractivity contribution in [3.05, 3.63) is 0 Å². The maximum atomic E-state index is 12.8. The number of ether oxygens (including phenoxy) is 3. The summed E-state index contributed by atoms with van der Waals surface area (Å²) < 4.78 is 16.8. The molecule has 0 aliphatic carbocycles. The number of rotatable bonds is 65. The Morgan fingerprint density at radius 2 is 0.360 bits per heavy atom. The van der Waals surface area contributed by atoms with Crippen LogP contribution in [-0.4, -0.2) is 37.2 Å². The SMILES string of the molecule is CCCCCCCCCCCCCCCCCCCCCCCCCCCCCCCCCC(=O)OCC(COC(=O)CCCCCCC)OC(=O)CCCCCCCCCCCCCCCCCCCCCCC. The van der Waals surface area contributed by atoms with Gasteiger partial charge in [0.15, 0.2) is 6.10 Å². The van der Waals surface area contributed by atoms with Crippen LogP contribution in [0.3, 0.4) is 0 Å². The quantitative estimate of drug-likeness (QED) is 0.0343. The van der Waals surface area contributed by atoms with E-state index in [1.54, 1.807) is 0 Å². The third kappa shape index (κ3) is 63.1. The van der Waals surface area contributed by atoms with Crippen LogP contribution in [0.2, 0.25) is 0 Å². The van der Waals surface area contributed by atoms with Crippen molar-refractivity contribution in [2.24, 2.45) is 0 Å². The highest BCUT2D eigenvalue weighted by Gasteiger charge is 2.19. The normalized spacial score (nSPS) is 11.9. The molecule has 1 atom stereocenters. The zero-order valence-corrected chi connectivity index (χ0v) is 51.4. The molecule has 0 saturated heterocycles. The lowest BCUT2D eigenvalue weighted by Gasteiger charge is -2.18. The van der Waals surface area contributed by atoms with Gasteiger partial charge in [-0.25, -0.2) is 0 Å². The smallest absolute Gasteiger partial charge is 0.306 e. The van der Waals surface area contributed by atoms with Gasteiger partial charge >= 0.3 is 17.9 Å². The van der Waals surface area contributed by atoms with Gasteiger partial charge in [-0.1, -0.05) is 367 Å². The van der Waals surface area contributed by atoms with Crippen molar-refractivity contribution in [1.82, 2.24) is 0 Å². The van der Waals surface area contributed by atoms with Crippen LogP contribution in [0, 0.1) is 0 Å². The van der Waals surface area contributed by atoms with Gasteiger partial charge in [-0.2, -0.15) is 0 Å². The Balaban J connectivity index is 3.87. The average molecular weight is 1060 g/mol. The molecule has 0 saturated carbocycles. The van der Waals surface area contributed by atoms with Gasteiger partial charge in [0.05, 0.1) is 0 Å². The molecule has 446 valence electrons. The summed E-state index contributed by atoms with van der Waals surface area (Å²) >= 11 is 0. The van der Waals surface area contributed by atoms with Crippen molar-refractivity contribution in [2.75, 3.05) is 13.2 Å². The first-order valence-corrected chi connectivity index (χ1v) is 34.5. The topological polar surface area (TPSA) is 78.9 Å². The van der Waals surface area contributed by atoms with Gasteiger partial charge < -0.3 is 14.2 Å². The summed E-state index contributed by atoms with van der Waals surface area (Å²) in [6.45, 7) is 6.65. The lowest BCUT2D eigenvalue weighted by Crippen LogP contribution is -2.30. The Morgan fingerprint density at radius 1 is 0.213 bits per heavy atom. The molecule has 0 aromatic carbocycles. The molecule has 0 aromatic rings. The fourth-order valence-electron chi connectivity index (χ4n) is 10.9. The van der Waals surface area contributed by atoms with Gasteiger partial charge in [0.1, 0.15) is 13.2 Å². The number of esters is 3. The van der Waals surface area contributed by atoms with Crippen molar-refractivity contribution in [1.29, 1.82) is 0 Å². The molecule has 0 aliphatic rings. The Hall–Kier alpha value is -1.59. The van der Waals surface area contributed by atoms with Gasteiger partial charge in [0.2, 0.25) is 0 Å². The van der Waals surface area contributed by atoms with Crippen LogP contribution in [0.15, 0.2) is 0 Å². The fraction of sp³-hybridized carbons (Fsp3) is 0.957. The molecule has 6 heteroatoms. The highest BCUT2D eigenvalue weighted by Crippen LogP contribution is 2.19. The minimum absolute atomic E-state index is 0.0622. The molecule has 0 heterocycles. The standard InChI is InChI=1S/C69H134O6/c1-4-7-10-13-15-17-19-21-23-25-27-29-30-31-32-33-34-35-36-37-38-40-41-43-45-47-49-51-53-56-59-62-68(71)74-65-66(64-73-67(70)61-58-55-12-9-6-3)75-69(72)63-60-57-54-52-50-48-46-44-42-39-28-26-24-22-20-18-16-14-11-8-5-2/h66H,4-65H2,1-3H3. The van der Waals surface area contributed by atoms with E-state index in [0.717, 1.165) is 64.2 Å². The van der Waals surface area contributed by atoms with Crippen molar-refractivity contribution >= 4 is 17.9 Å². The molecular weight excluding hydrogens is 925 g/mol. The summed E-state index contributed by atoms with van der Waals surface area (Å²) in [5, 5.41) is 0. The predicted molar refractivity (Wildman–Crippen MR) is 326 cm³/mol. The van der Waals surface area contributed by atoms with Gasteiger partial charge in [-0.05, 0) is 19.3 Å². The number of unbranched alkanes of at least 4 members (excludes halogenated alkanes) is 54. The van der Waals surface area contributed by atoms with Crippen LogP contribution in [0.1, 0.15) is 406 Å². The second kappa shape index (κ2) is 64.9. The summed E-state index contributed by atoms with van der Waals surface area (Å²) in [5.41, 5.74) is 0. The Morgan fingerprint density at radius 3 is 0.533 bits per heavy atom. The first-order chi connectivity index (χ1) is 37.0. The minimum atomic E-state index is -0.760. The molecule has 0 N–H and O–H groups in total. The molecule has 0 rings (SSSR count). The van der Waals surface area contributed by atoms with Gasteiger partial charge in [-0.3, -0.25) is 14.4 Å². The van der Waals surface area contributed by atoms with Gasteiger partial charge in [-0.15, -0.1) is 0 Å². The highest BCUT2D eigenvalue weighted by molar-refractivity contribution is 5.71. The Labute approximate surface area is 469 Å². The third-order valence-corrected chi connectivity index (χ3v) is 16.1. The van der Waals surface area contributed by atoms with Gasteiger partial charge in [0, 0.05) is 19.3 Å². The fourth-order valence-corrected chi connectivity index (χ4v) is 10.9. The minimum Gasteiger partial charge on any atom is -0.462 e. The van der Waals surface area contributed by atoms with Gasteiger partial charge in [0.25, 0.3) is 0 Å². The maximum Gasteiger partial charge on any atom is 0.306 e. The molecule has 75 heavy (non-hydrogen) atoms. The van der Waals surface area contributed by atoms with Crippen molar-refractivity contribution < 1.29 is 28.6 Å². The molecular formula is C69H134O6. The van der Waals surface area contributed by atoms with E-state index in [1.807, 2.05) is 0 Å². The van der Waals surface area contributed by atoms with E-state index in [0.29, 0.717) is 19.3 Å². The first-order valence-electron chi connectivity index (χ1n) is 34.5. The van der Waals surface area contributed by atoms with Crippen LogP contribution in [0.25, 0.3) is 0 Å². The summed E-state index contributed by atoms with van der Waals surface area (Å²) in [6.07, 6.45) is 76.3. The molecule has 0 amide bonds. The Bertz CT molecular complexity index is 1120. The van der Waals surface area contributed by atoms with Crippen molar-refractivity contribution in [3.8, 4) is 0 Å². The van der Waals surface area contributed by atoms with E-state index >= 15 is 0 Å². The average Bonchev–Trinajstić information content (AvgIpc) is 3.41. The molecule has 0 aliphatic heterocycles. The van der Waals surface area contributed by atoms with E-state index < -0.39 is 6.10 Å². The molecule has 0 bridgehead atoms. The van der Waals surface area contributed by atoms with Crippen LogP contribution < -0.4 is 0 Å². The second-order valence-corrected chi connectivity index (χ2v) is 23.8. The lowest BCUT2D eigenvalue weighted by molar-refractivity contribution is -0.167. The first kappa shape index (κ1) is 73.4. The maximum absolute atomic E-state index is 12.8. The lowest BCUT2D eigenvalue weighted by atomic mass is 10.0. The largest absolute Gasteiger partial charge is 0.462 e. The predicted octanol–water partition coefficient (Wildman–Crippen LogP) is 23.5. The third-order valence-electron chi connectivity index (χ3n) is 16.1. The molecule has 1 unspecified atom stereocenters. The monoisotopic (exact) mass is 1060 g/mol. The Kier molecular flexibility index (Phi) is 63.6. The molecule has 0 radical (unpaired) electrons.